The second kappa shape index (κ2) is 8.04. The van der Waals surface area contributed by atoms with E-state index >= 15 is 0 Å². The highest BCUT2D eigenvalue weighted by atomic mass is 32.2. The van der Waals surface area contributed by atoms with Crippen molar-refractivity contribution in [1.82, 2.24) is 9.73 Å². The Labute approximate surface area is 148 Å². The molecule has 0 radical (unpaired) electrons. The minimum atomic E-state index is -3.71. The summed E-state index contributed by atoms with van der Waals surface area (Å²) < 4.78 is 25.8. The van der Waals surface area contributed by atoms with Crippen molar-refractivity contribution in [3.8, 4) is 0 Å². The molecule has 1 amide bonds. The zero-order chi connectivity index (χ0) is 18.4. The van der Waals surface area contributed by atoms with Gasteiger partial charge in [-0.2, -0.15) is 9.41 Å². The molecule has 0 heterocycles. The molecule has 0 aliphatic carbocycles. The van der Waals surface area contributed by atoms with Crippen LogP contribution in [-0.2, 0) is 14.8 Å². The fourth-order valence-corrected chi connectivity index (χ4v) is 3.27. The molecule has 2 aromatic rings. The molecule has 0 aliphatic heterocycles. The Bertz CT molecular complexity index is 875. The van der Waals surface area contributed by atoms with E-state index in [-0.39, 0.29) is 11.4 Å². The number of aryl methyl sites for hydroxylation is 2. The van der Waals surface area contributed by atoms with Crippen LogP contribution in [0.5, 0.6) is 0 Å². The lowest BCUT2D eigenvalue weighted by molar-refractivity contribution is -0.121. The van der Waals surface area contributed by atoms with Gasteiger partial charge < -0.3 is 0 Å². The summed E-state index contributed by atoms with van der Waals surface area (Å²) in [5, 5.41) is 3.86. The number of hydrogen-bond donors (Lipinski definition) is 1. The maximum Gasteiger partial charge on any atom is 0.255 e. The lowest BCUT2D eigenvalue weighted by Gasteiger charge is -2.16. The highest BCUT2D eigenvalue weighted by molar-refractivity contribution is 7.89. The summed E-state index contributed by atoms with van der Waals surface area (Å²) in [7, 11) is -2.35. The third-order valence-electron chi connectivity index (χ3n) is 3.54. The normalized spacial score (nSPS) is 11.8. The van der Waals surface area contributed by atoms with E-state index in [1.807, 2.05) is 38.1 Å². The third kappa shape index (κ3) is 5.23. The van der Waals surface area contributed by atoms with Crippen LogP contribution in [0.3, 0.4) is 0 Å². The van der Waals surface area contributed by atoms with Gasteiger partial charge in [-0.1, -0.05) is 47.5 Å². The van der Waals surface area contributed by atoms with Crippen LogP contribution >= 0.6 is 0 Å². The summed E-state index contributed by atoms with van der Waals surface area (Å²) in [6.45, 7) is 3.52. The maximum atomic E-state index is 12.4. The second-order valence-corrected chi connectivity index (χ2v) is 7.83. The highest BCUT2D eigenvalue weighted by Crippen LogP contribution is 2.14. The third-order valence-corrected chi connectivity index (χ3v) is 5.36. The van der Waals surface area contributed by atoms with Crippen molar-refractivity contribution in [2.75, 3.05) is 13.6 Å². The molecule has 0 unspecified atom stereocenters. The van der Waals surface area contributed by atoms with Gasteiger partial charge in [0, 0.05) is 7.05 Å². The van der Waals surface area contributed by atoms with Crippen molar-refractivity contribution in [2.45, 2.75) is 18.7 Å². The number of sulfonamides is 1. The molecule has 7 heteroatoms. The van der Waals surface area contributed by atoms with E-state index in [0.29, 0.717) is 0 Å². The highest BCUT2D eigenvalue weighted by Gasteiger charge is 2.22. The molecule has 0 saturated heterocycles. The summed E-state index contributed by atoms with van der Waals surface area (Å²) in [6, 6.07) is 14.1. The van der Waals surface area contributed by atoms with Crippen molar-refractivity contribution in [3.05, 3.63) is 65.2 Å². The van der Waals surface area contributed by atoms with E-state index in [9.17, 15) is 13.2 Å². The summed E-state index contributed by atoms with van der Waals surface area (Å²) in [6.07, 6.45) is 1.51. The predicted octanol–water partition coefficient (Wildman–Crippen LogP) is 2.07. The number of likely N-dealkylation sites (N-methyl/N-ethyl adjacent to an activating group) is 1. The second-order valence-electron chi connectivity index (χ2n) is 5.78. The van der Waals surface area contributed by atoms with Crippen LogP contribution in [0, 0.1) is 13.8 Å². The van der Waals surface area contributed by atoms with Crippen molar-refractivity contribution in [3.63, 3.8) is 0 Å². The molecular weight excluding hydrogens is 338 g/mol. The average molecular weight is 359 g/mol. The van der Waals surface area contributed by atoms with E-state index < -0.39 is 15.9 Å². The van der Waals surface area contributed by atoms with Crippen LogP contribution in [0.1, 0.15) is 16.7 Å². The van der Waals surface area contributed by atoms with Crippen LogP contribution in [-0.4, -0.2) is 38.4 Å². The number of nitrogens with zero attached hydrogens (tertiary/aromatic N) is 2. The van der Waals surface area contributed by atoms with Gasteiger partial charge in [0.05, 0.1) is 17.7 Å². The quantitative estimate of drug-likeness (QED) is 0.633. The number of benzene rings is 2. The van der Waals surface area contributed by atoms with Crippen LogP contribution in [0.4, 0.5) is 0 Å². The van der Waals surface area contributed by atoms with Crippen molar-refractivity contribution in [2.24, 2.45) is 5.10 Å². The standard InChI is InChI=1S/C18H21N3O3S/c1-14-7-9-17(10-8-14)25(23,24)21(3)13-18(22)20-19-12-16-6-4-5-15(2)11-16/h4-12H,13H2,1-3H3,(H,20,22). The first kappa shape index (κ1) is 18.8. The Morgan fingerprint density at radius 2 is 1.80 bits per heavy atom. The number of hydrazone groups is 1. The largest absolute Gasteiger partial charge is 0.272 e. The van der Waals surface area contributed by atoms with E-state index in [1.54, 1.807) is 12.1 Å². The van der Waals surface area contributed by atoms with Crippen LogP contribution in [0.25, 0.3) is 0 Å². The lowest BCUT2D eigenvalue weighted by Crippen LogP contribution is -2.36. The zero-order valence-corrected chi connectivity index (χ0v) is 15.2. The Morgan fingerprint density at radius 1 is 1.12 bits per heavy atom. The fraction of sp³-hybridized carbons (Fsp3) is 0.222. The fourth-order valence-electron chi connectivity index (χ4n) is 2.14. The molecule has 0 aliphatic rings. The molecule has 25 heavy (non-hydrogen) atoms. The van der Waals surface area contributed by atoms with Crippen molar-refractivity contribution in [1.29, 1.82) is 0 Å². The van der Waals surface area contributed by atoms with Crippen LogP contribution in [0.2, 0.25) is 0 Å². The van der Waals surface area contributed by atoms with Gasteiger partial charge in [0.1, 0.15) is 0 Å². The number of amides is 1. The molecule has 1 N–H and O–H groups in total. The summed E-state index contributed by atoms with van der Waals surface area (Å²) >= 11 is 0. The number of carbonyl (C=O) groups is 1. The lowest BCUT2D eigenvalue weighted by atomic mass is 10.2. The zero-order valence-electron chi connectivity index (χ0n) is 14.4. The first-order valence-corrected chi connectivity index (χ1v) is 9.14. The van der Waals surface area contributed by atoms with Crippen molar-refractivity contribution < 1.29 is 13.2 Å². The molecular formula is C18H21N3O3S. The van der Waals surface area contributed by atoms with Gasteiger partial charge in [-0.05, 0) is 31.5 Å². The molecule has 6 nitrogen and oxygen atoms in total. The Morgan fingerprint density at radius 3 is 2.44 bits per heavy atom. The average Bonchev–Trinajstić information content (AvgIpc) is 2.55. The van der Waals surface area contributed by atoms with Gasteiger partial charge in [-0.3, -0.25) is 4.79 Å². The SMILES string of the molecule is Cc1ccc(S(=O)(=O)N(C)CC(=O)NN=Cc2cccc(C)c2)cc1. The minimum Gasteiger partial charge on any atom is -0.272 e. The molecule has 0 aromatic heterocycles. The molecule has 0 bridgehead atoms. The van der Waals surface area contributed by atoms with Gasteiger partial charge in [-0.15, -0.1) is 0 Å². The Kier molecular flexibility index (Phi) is 6.06. The topological polar surface area (TPSA) is 78.8 Å². The Hall–Kier alpha value is -2.51. The maximum absolute atomic E-state index is 12.4. The number of rotatable bonds is 6. The molecule has 0 spiro atoms. The van der Waals surface area contributed by atoms with E-state index in [1.165, 1.54) is 25.4 Å². The number of carbonyl (C=O) groups excluding carboxylic acids is 1. The molecule has 0 saturated carbocycles. The first-order chi connectivity index (χ1) is 11.8. The molecule has 132 valence electrons. The van der Waals surface area contributed by atoms with Gasteiger partial charge in [0.15, 0.2) is 0 Å². The van der Waals surface area contributed by atoms with Gasteiger partial charge >= 0.3 is 0 Å². The monoisotopic (exact) mass is 359 g/mol. The number of hydrogen-bond acceptors (Lipinski definition) is 4. The molecule has 0 fully saturated rings. The van der Waals surface area contributed by atoms with Gasteiger partial charge in [0.25, 0.3) is 5.91 Å². The smallest absolute Gasteiger partial charge is 0.255 e. The van der Waals surface area contributed by atoms with Gasteiger partial charge in [-0.25, -0.2) is 13.8 Å². The summed E-state index contributed by atoms with van der Waals surface area (Å²) in [5.74, 6) is -0.512. The summed E-state index contributed by atoms with van der Waals surface area (Å²) in [5.41, 5.74) is 5.23. The van der Waals surface area contributed by atoms with Crippen LogP contribution < -0.4 is 5.43 Å². The van der Waals surface area contributed by atoms with Crippen LogP contribution in [0.15, 0.2) is 58.5 Å². The Balaban J connectivity index is 1.96. The summed E-state index contributed by atoms with van der Waals surface area (Å²) in [4.78, 5) is 12.1. The van der Waals surface area contributed by atoms with E-state index in [4.69, 9.17) is 0 Å². The van der Waals surface area contributed by atoms with E-state index in [0.717, 1.165) is 21.0 Å². The first-order valence-electron chi connectivity index (χ1n) is 7.70. The minimum absolute atomic E-state index is 0.150. The van der Waals surface area contributed by atoms with Crippen molar-refractivity contribution >= 4 is 22.1 Å². The van der Waals surface area contributed by atoms with Gasteiger partial charge in [0.2, 0.25) is 10.0 Å². The molecule has 2 aromatic carbocycles. The predicted molar refractivity (Wildman–Crippen MR) is 97.9 cm³/mol. The molecule has 2 rings (SSSR count). The van der Waals surface area contributed by atoms with E-state index in [2.05, 4.69) is 10.5 Å². The molecule has 0 atom stereocenters. The number of nitrogens with one attached hydrogen (secondary N) is 1.